The molecule has 0 unspecified atom stereocenters. The lowest BCUT2D eigenvalue weighted by Crippen LogP contribution is -1.88. The van der Waals surface area contributed by atoms with Gasteiger partial charge in [-0.05, 0) is 17.2 Å². The number of H-pyrrole nitrogens is 1. The molecule has 106 valence electrons. The molecular weight excluding hydrogens is 294 g/mol. The summed E-state index contributed by atoms with van der Waals surface area (Å²) < 4.78 is 0. The van der Waals surface area contributed by atoms with Gasteiger partial charge in [0.25, 0.3) is 0 Å². The van der Waals surface area contributed by atoms with Gasteiger partial charge in [-0.25, -0.2) is 0 Å². The van der Waals surface area contributed by atoms with Crippen LogP contribution in [-0.4, -0.2) is 15.4 Å². The van der Waals surface area contributed by atoms with Crippen molar-refractivity contribution in [3.8, 4) is 22.3 Å². The fourth-order valence-electron chi connectivity index (χ4n) is 2.66. The molecule has 0 aliphatic carbocycles. The molecule has 22 heavy (non-hydrogen) atoms. The lowest BCUT2D eigenvalue weighted by Gasteiger charge is -2.11. The largest absolute Gasteiger partial charge is 0.257 e. The molecule has 1 N–H and O–H groups in total. The first-order chi connectivity index (χ1) is 10.8. The monoisotopic (exact) mass is 305 g/mol. The Bertz CT molecular complexity index is 931. The van der Waals surface area contributed by atoms with Gasteiger partial charge >= 0.3 is 0 Å². The maximum atomic E-state index is 6.73. The third-order valence-corrected chi connectivity index (χ3v) is 4.10. The van der Waals surface area contributed by atoms with E-state index >= 15 is 0 Å². The Morgan fingerprint density at radius 1 is 0.818 bits per heavy atom. The van der Waals surface area contributed by atoms with Crippen molar-refractivity contribution >= 4 is 22.6 Å². The number of halogens is 1. The summed E-state index contributed by atoms with van der Waals surface area (Å²) in [7, 11) is 0. The Labute approximate surface area is 132 Å². The molecule has 4 aromatic rings. The quantitative estimate of drug-likeness (QED) is 0.569. The van der Waals surface area contributed by atoms with Crippen LogP contribution in [0.4, 0.5) is 0 Å². The third-order valence-electron chi connectivity index (χ3n) is 3.70. The van der Waals surface area contributed by atoms with E-state index in [0.717, 1.165) is 33.3 Å². The molecule has 0 radical (unpaired) electrons. The molecule has 3 nitrogen and oxygen atoms in total. The highest BCUT2D eigenvalue weighted by Crippen LogP contribution is 2.40. The summed E-state index contributed by atoms with van der Waals surface area (Å²) in [4.78, 5) is 0. The zero-order valence-electron chi connectivity index (χ0n) is 11.6. The SMILES string of the molecule is Clc1c(-c2ccccc2)cc2[nH]nnc2c1-c1ccccc1. The lowest BCUT2D eigenvalue weighted by molar-refractivity contribution is 0.959. The average molecular weight is 306 g/mol. The third kappa shape index (κ3) is 2.07. The zero-order valence-corrected chi connectivity index (χ0v) is 12.4. The number of nitrogens with zero attached hydrogens (tertiary/aromatic N) is 2. The first-order valence-electron chi connectivity index (χ1n) is 6.98. The van der Waals surface area contributed by atoms with Crippen LogP contribution >= 0.6 is 11.6 Å². The maximum Gasteiger partial charge on any atom is 0.122 e. The number of rotatable bonds is 2. The zero-order chi connectivity index (χ0) is 14.9. The molecule has 0 saturated carbocycles. The van der Waals surface area contributed by atoms with E-state index in [1.54, 1.807) is 0 Å². The van der Waals surface area contributed by atoms with Gasteiger partial charge in [0, 0.05) is 11.1 Å². The second-order valence-corrected chi connectivity index (χ2v) is 5.43. The second-order valence-electron chi connectivity index (χ2n) is 5.05. The predicted molar refractivity (Wildman–Crippen MR) is 89.8 cm³/mol. The van der Waals surface area contributed by atoms with Crippen molar-refractivity contribution in [1.82, 2.24) is 15.4 Å². The Kier molecular flexibility index (Phi) is 3.13. The molecule has 0 aliphatic heterocycles. The molecule has 0 bridgehead atoms. The summed E-state index contributed by atoms with van der Waals surface area (Å²) >= 11 is 6.73. The van der Waals surface area contributed by atoms with Crippen LogP contribution in [0.5, 0.6) is 0 Å². The molecular formula is C18H12ClN3. The Hall–Kier alpha value is -2.65. The normalized spacial score (nSPS) is 11.0. The molecule has 1 aromatic heterocycles. The van der Waals surface area contributed by atoms with Gasteiger partial charge in [0.1, 0.15) is 5.52 Å². The van der Waals surface area contributed by atoms with Gasteiger partial charge < -0.3 is 0 Å². The van der Waals surface area contributed by atoms with Crippen LogP contribution < -0.4 is 0 Å². The van der Waals surface area contributed by atoms with Crippen molar-refractivity contribution in [2.24, 2.45) is 0 Å². The van der Waals surface area contributed by atoms with Crippen molar-refractivity contribution < 1.29 is 0 Å². The summed E-state index contributed by atoms with van der Waals surface area (Å²) in [6.45, 7) is 0. The Morgan fingerprint density at radius 3 is 2.14 bits per heavy atom. The first-order valence-corrected chi connectivity index (χ1v) is 7.36. The molecule has 0 spiro atoms. The lowest BCUT2D eigenvalue weighted by atomic mass is 9.97. The maximum absolute atomic E-state index is 6.73. The molecule has 0 amide bonds. The summed E-state index contributed by atoms with van der Waals surface area (Å²) in [5.74, 6) is 0. The number of nitrogens with one attached hydrogen (secondary N) is 1. The van der Waals surface area contributed by atoms with Gasteiger partial charge in [0.2, 0.25) is 0 Å². The molecule has 0 saturated heterocycles. The minimum atomic E-state index is 0.693. The van der Waals surface area contributed by atoms with Crippen LogP contribution in [0.2, 0.25) is 5.02 Å². The molecule has 4 heteroatoms. The van der Waals surface area contributed by atoms with E-state index in [1.807, 2.05) is 66.7 Å². The standard InChI is InChI=1S/C18H12ClN3/c19-17-14(12-7-3-1-4-8-12)11-15-18(21-22-20-15)16(17)13-9-5-2-6-10-13/h1-11H,(H,20,21,22). The average Bonchev–Trinajstić information content (AvgIpc) is 3.04. The number of aromatic nitrogens is 3. The number of hydrogen-bond acceptors (Lipinski definition) is 2. The molecule has 0 atom stereocenters. The second kappa shape index (κ2) is 5.28. The number of fused-ring (bicyclic) bond motifs is 1. The highest BCUT2D eigenvalue weighted by Gasteiger charge is 2.16. The summed E-state index contributed by atoms with van der Waals surface area (Å²) in [5, 5.41) is 11.8. The highest BCUT2D eigenvalue weighted by molar-refractivity contribution is 6.37. The topological polar surface area (TPSA) is 41.6 Å². The van der Waals surface area contributed by atoms with E-state index < -0.39 is 0 Å². The smallest absolute Gasteiger partial charge is 0.122 e. The number of hydrogen-bond donors (Lipinski definition) is 1. The van der Waals surface area contributed by atoms with Crippen molar-refractivity contribution in [1.29, 1.82) is 0 Å². The highest BCUT2D eigenvalue weighted by atomic mass is 35.5. The molecule has 0 aliphatic rings. The van der Waals surface area contributed by atoms with Gasteiger partial charge in [-0.3, -0.25) is 5.10 Å². The van der Waals surface area contributed by atoms with E-state index in [9.17, 15) is 0 Å². The van der Waals surface area contributed by atoms with Gasteiger partial charge in [-0.1, -0.05) is 77.5 Å². The fraction of sp³-hybridized carbons (Fsp3) is 0. The summed E-state index contributed by atoms with van der Waals surface area (Å²) in [6, 6.07) is 22.1. The van der Waals surface area contributed by atoms with E-state index in [-0.39, 0.29) is 0 Å². The number of benzene rings is 3. The molecule has 4 rings (SSSR count). The van der Waals surface area contributed by atoms with Gasteiger partial charge in [0.05, 0.1) is 10.5 Å². The summed E-state index contributed by atoms with van der Waals surface area (Å²) in [6.07, 6.45) is 0. The van der Waals surface area contributed by atoms with Crippen molar-refractivity contribution in [2.75, 3.05) is 0 Å². The summed E-state index contributed by atoms with van der Waals surface area (Å²) in [5.41, 5.74) is 5.65. The fourth-order valence-corrected chi connectivity index (χ4v) is 3.03. The minimum absolute atomic E-state index is 0.693. The van der Waals surface area contributed by atoms with Gasteiger partial charge in [-0.15, -0.1) is 5.10 Å². The molecule has 1 heterocycles. The number of aromatic amines is 1. The van der Waals surface area contributed by atoms with E-state index in [0.29, 0.717) is 5.02 Å². The molecule has 3 aromatic carbocycles. The van der Waals surface area contributed by atoms with Gasteiger partial charge in [-0.2, -0.15) is 0 Å². The van der Waals surface area contributed by atoms with Crippen molar-refractivity contribution in [3.63, 3.8) is 0 Å². The van der Waals surface area contributed by atoms with E-state index in [4.69, 9.17) is 11.6 Å². The van der Waals surface area contributed by atoms with Crippen LogP contribution in [-0.2, 0) is 0 Å². The van der Waals surface area contributed by atoms with Crippen molar-refractivity contribution in [3.05, 3.63) is 71.8 Å². The van der Waals surface area contributed by atoms with Crippen LogP contribution in [0.25, 0.3) is 33.3 Å². The van der Waals surface area contributed by atoms with E-state index in [1.165, 1.54) is 0 Å². The Morgan fingerprint density at radius 2 is 1.45 bits per heavy atom. The van der Waals surface area contributed by atoms with Crippen LogP contribution in [0.3, 0.4) is 0 Å². The van der Waals surface area contributed by atoms with Gasteiger partial charge in [0.15, 0.2) is 0 Å². The predicted octanol–water partition coefficient (Wildman–Crippen LogP) is 4.95. The first kappa shape index (κ1) is 13.0. The molecule has 0 fully saturated rings. The van der Waals surface area contributed by atoms with E-state index in [2.05, 4.69) is 15.4 Å². The van der Waals surface area contributed by atoms with Crippen LogP contribution in [0.1, 0.15) is 0 Å². The minimum Gasteiger partial charge on any atom is -0.257 e. The van der Waals surface area contributed by atoms with Crippen molar-refractivity contribution in [2.45, 2.75) is 0 Å². The van der Waals surface area contributed by atoms with Crippen LogP contribution in [0.15, 0.2) is 66.7 Å². The van der Waals surface area contributed by atoms with Crippen LogP contribution in [0, 0.1) is 0 Å². The Balaban J connectivity index is 2.07.